The fourth-order valence-electron chi connectivity index (χ4n) is 1.49. The quantitative estimate of drug-likeness (QED) is 0.684. The zero-order valence-corrected chi connectivity index (χ0v) is 10.5. The summed E-state index contributed by atoms with van der Waals surface area (Å²) >= 11 is 0. The van der Waals surface area contributed by atoms with Gasteiger partial charge in [-0.15, -0.1) is 0 Å². The van der Waals surface area contributed by atoms with Crippen molar-refractivity contribution in [3.05, 3.63) is 18.5 Å². The molecule has 4 nitrogen and oxygen atoms in total. The number of nitrogens with zero attached hydrogens (tertiary/aromatic N) is 2. The largest absolute Gasteiger partial charge is 0.379 e. The van der Waals surface area contributed by atoms with Gasteiger partial charge in [0.15, 0.2) is 0 Å². The molecule has 1 aromatic heterocycles. The summed E-state index contributed by atoms with van der Waals surface area (Å²) in [6, 6.07) is 2.39. The van der Waals surface area contributed by atoms with Gasteiger partial charge in [0.1, 0.15) is 0 Å². The summed E-state index contributed by atoms with van der Waals surface area (Å²) in [5.74, 6) is 0. The Bertz CT molecular complexity index is 259. The minimum absolute atomic E-state index is 0.335. The molecule has 4 heteroatoms. The van der Waals surface area contributed by atoms with Crippen LogP contribution in [0.2, 0.25) is 0 Å². The summed E-state index contributed by atoms with van der Waals surface area (Å²) in [6.07, 6.45) is 5.19. The first kappa shape index (κ1) is 13.2. The molecule has 0 aliphatic rings. The second-order valence-corrected chi connectivity index (χ2v) is 4.36. The third-order valence-electron chi connectivity index (χ3n) is 2.29. The van der Waals surface area contributed by atoms with Crippen LogP contribution in [0.4, 0.5) is 0 Å². The van der Waals surface area contributed by atoms with E-state index in [2.05, 4.69) is 31.2 Å². The Morgan fingerprint density at radius 2 is 2.19 bits per heavy atom. The van der Waals surface area contributed by atoms with E-state index in [0.29, 0.717) is 12.1 Å². The van der Waals surface area contributed by atoms with Crippen molar-refractivity contribution >= 4 is 0 Å². The van der Waals surface area contributed by atoms with Gasteiger partial charge in [-0.05, 0) is 39.8 Å². The van der Waals surface area contributed by atoms with Gasteiger partial charge in [-0.25, -0.2) is 0 Å². The topological polar surface area (TPSA) is 39.1 Å². The van der Waals surface area contributed by atoms with Crippen molar-refractivity contribution in [3.63, 3.8) is 0 Å². The number of rotatable bonds is 8. The zero-order valence-electron chi connectivity index (χ0n) is 10.5. The third-order valence-corrected chi connectivity index (χ3v) is 2.29. The van der Waals surface area contributed by atoms with Gasteiger partial charge in [0, 0.05) is 25.0 Å². The van der Waals surface area contributed by atoms with Gasteiger partial charge in [-0.2, -0.15) is 5.10 Å². The van der Waals surface area contributed by atoms with E-state index < -0.39 is 0 Å². The van der Waals surface area contributed by atoms with Crippen LogP contribution in [0.3, 0.4) is 0 Å². The maximum Gasteiger partial charge on any atom is 0.0559 e. The molecule has 0 spiro atoms. The minimum Gasteiger partial charge on any atom is -0.379 e. The van der Waals surface area contributed by atoms with Crippen molar-refractivity contribution < 1.29 is 4.74 Å². The normalized spacial score (nSPS) is 13.2. The number of nitrogens with one attached hydrogen (secondary N) is 1. The molecule has 0 aliphatic carbocycles. The zero-order chi connectivity index (χ0) is 11.8. The third kappa shape index (κ3) is 5.88. The maximum absolute atomic E-state index is 5.47. The van der Waals surface area contributed by atoms with Crippen LogP contribution < -0.4 is 5.32 Å². The fraction of sp³-hybridized carbons (Fsp3) is 0.750. The van der Waals surface area contributed by atoms with Gasteiger partial charge in [-0.3, -0.25) is 4.68 Å². The predicted molar refractivity (Wildman–Crippen MR) is 65.4 cm³/mol. The molecule has 0 saturated carbocycles. The SMILES string of the molecule is CC(Cn1cccn1)NCCCOC(C)C. The predicted octanol–water partition coefficient (Wildman–Crippen LogP) is 1.68. The molecule has 0 radical (unpaired) electrons. The second kappa shape index (κ2) is 7.41. The molecule has 0 bridgehead atoms. The summed E-state index contributed by atoms with van der Waals surface area (Å²) < 4.78 is 7.42. The van der Waals surface area contributed by atoms with Crippen LogP contribution in [0, 0.1) is 0 Å². The monoisotopic (exact) mass is 225 g/mol. The van der Waals surface area contributed by atoms with Crippen LogP contribution in [-0.2, 0) is 11.3 Å². The molecule has 0 aliphatic heterocycles. The molecule has 0 saturated heterocycles. The summed E-state index contributed by atoms with van der Waals surface area (Å²) in [7, 11) is 0. The van der Waals surface area contributed by atoms with E-state index in [9.17, 15) is 0 Å². The average molecular weight is 225 g/mol. The van der Waals surface area contributed by atoms with Crippen LogP contribution in [0.5, 0.6) is 0 Å². The highest BCUT2D eigenvalue weighted by atomic mass is 16.5. The standard InChI is InChI=1S/C12H23N3O/c1-11(2)16-9-5-6-13-12(3)10-15-8-4-7-14-15/h4,7-8,11-13H,5-6,9-10H2,1-3H3. The molecule has 0 fully saturated rings. The van der Waals surface area contributed by atoms with Gasteiger partial charge in [-0.1, -0.05) is 0 Å². The highest BCUT2D eigenvalue weighted by Crippen LogP contribution is 1.92. The Morgan fingerprint density at radius 1 is 1.38 bits per heavy atom. The fourth-order valence-corrected chi connectivity index (χ4v) is 1.49. The summed E-state index contributed by atoms with van der Waals surface area (Å²) in [5.41, 5.74) is 0. The molecule has 1 heterocycles. The lowest BCUT2D eigenvalue weighted by Crippen LogP contribution is -2.31. The van der Waals surface area contributed by atoms with E-state index in [1.807, 2.05) is 23.1 Å². The molecule has 0 aromatic carbocycles. The molecule has 92 valence electrons. The Labute approximate surface area is 98.0 Å². The number of aromatic nitrogens is 2. The average Bonchev–Trinajstić information content (AvgIpc) is 2.69. The summed E-state index contributed by atoms with van der Waals surface area (Å²) in [6.45, 7) is 9.04. The number of hydrogen-bond acceptors (Lipinski definition) is 3. The van der Waals surface area contributed by atoms with Crippen LogP contribution in [0.25, 0.3) is 0 Å². The molecular formula is C12H23N3O. The number of hydrogen-bond donors (Lipinski definition) is 1. The maximum atomic E-state index is 5.47. The Morgan fingerprint density at radius 3 is 2.81 bits per heavy atom. The molecule has 1 unspecified atom stereocenters. The van der Waals surface area contributed by atoms with Crippen molar-refractivity contribution in [2.24, 2.45) is 0 Å². The van der Waals surface area contributed by atoms with Crippen molar-refractivity contribution in [3.8, 4) is 0 Å². The molecule has 0 amide bonds. The van der Waals surface area contributed by atoms with Crippen LogP contribution in [-0.4, -0.2) is 35.1 Å². The Kier molecular flexibility index (Phi) is 6.11. The smallest absolute Gasteiger partial charge is 0.0559 e. The lowest BCUT2D eigenvalue weighted by atomic mass is 10.3. The highest BCUT2D eigenvalue weighted by Gasteiger charge is 2.01. The van der Waals surface area contributed by atoms with E-state index >= 15 is 0 Å². The second-order valence-electron chi connectivity index (χ2n) is 4.36. The molecule has 1 N–H and O–H groups in total. The molecule has 16 heavy (non-hydrogen) atoms. The first-order chi connectivity index (χ1) is 7.68. The lowest BCUT2D eigenvalue weighted by molar-refractivity contribution is 0.0767. The molecule has 1 atom stereocenters. The minimum atomic E-state index is 0.335. The Hall–Kier alpha value is -0.870. The van der Waals surface area contributed by atoms with Crippen molar-refractivity contribution in [2.75, 3.05) is 13.2 Å². The van der Waals surface area contributed by atoms with Gasteiger partial charge in [0.2, 0.25) is 0 Å². The van der Waals surface area contributed by atoms with E-state index in [-0.39, 0.29) is 0 Å². The highest BCUT2D eigenvalue weighted by molar-refractivity contribution is 4.78. The first-order valence-corrected chi connectivity index (χ1v) is 6.01. The molecule has 1 aromatic rings. The van der Waals surface area contributed by atoms with E-state index in [4.69, 9.17) is 4.74 Å². The van der Waals surface area contributed by atoms with Gasteiger partial charge < -0.3 is 10.1 Å². The lowest BCUT2D eigenvalue weighted by Gasteiger charge is -2.14. The molecule has 1 rings (SSSR count). The van der Waals surface area contributed by atoms with Gasteiger partial charge in [0.05, 0.1) is 12.6 Å². The van der Waals surface area contributed by atoms with E-state index in [0.717, 1.165) is 26.1 Å². The molecular weight excluding hydrogens is 202 g/mol. The van der Waals surface area contributed by atoms with E-state index in [1.165, 1.54) is 0 Å². The van der Waals surface area contributed by atoms with Crippen molar-refractivity contribution in [2.45, 2.75) is 45.9 Å². The van der Waals surface area contributed by atoms with Crippen LogP contribution >= 0.6 is 0 Å². The van der Waals surface area contributed by atoms with Crippen LogP contribution in [0.15, 0.2) is 18.5 Å². The van der Waals surface area contributed by atoms with E-state index in [1.54, 1.807) is 0 Å². The van der Waals surface area contributed by atoms with Gasteiger partial charge in [0.25, 0.3) is 0 Å². The first-order valence-electron chi connectivity index (χ1n) is 6.01. The Balaban J connectivity index is 2.00. The number of ether oxygens (including phenoxy) is 1. The van der Waals surface area contributed by atoms with Crippen molar-refractivity contribution in [1.82, 2.24) is 15.1 Å². The van der Waals surface area contributed by atoms with Crippen LogP contribution in [0.1, 0.15) is 27.2 Å². The summed E-state index contributed by atoms with van der Waals surface area (Å²) in [5, 5.41) is 7.63. The van der Waals surface area contributed by atoms with Crippen molar-refractivity contribution in [1.29, 1.82) is 0 Å². The summed E-state index contributed by atoms with van der Waals surface area (Å²) in [4.78, 5) is 0. The van der Waals surface area contributed by atoms with Gasteiger partial charge >= 0.3 is 0 Å².